The van der Waals surface area contributed by atoms with E-state index in [-0.39, 0.29) is 5.56 Å². The molecule has 20 heavy (non-hydrogen) atoms. The maximum absolute atomic E-state index is 12.7. The zero-order valence-corrected chi connectivity index (χ0v) is 11.5. The topological polar surface area (TPSA) is 26.0 Å². The van der Waals surface area contributed by atoms with Crippen molar-refractivity contribution in [2.75, 3.05) is 0 Å². The second-order valence-electron chi connectivity index (χ2n) is 5.56. The van der Waals surface area contributed by atoms with Gasteiger partial charge in [0.05, 0.1) is 0 Å². The average molecular weight is 281 g/mol. The van der Waals surface area contributed by atoms with Crippen LogP contribution < -0.4 is 5.73 Å². The molecule has 1 nitrogen and oxygen atoms in total. The minimum atomic E-state index is -4.41. The van der Waals surface area contributed by atoms with Crippen LogP contribution in [0.1, 0.15) is 31.0 Å². The summed E-state index contributed by atoms with van der Waals surface area (Å²) in [5.74, 6) is 0.507. The molecule has 0 fully saturated rings. The van der Waals surface area contributed by atoms with Crippen LogP contribution in [0.15, 0.2) is 36.4 Å². The average Bonchev–Trinajstić information content (AvgIpc) is 2.35. The van der Waals surface area contributed by atoms with E-state index in [1.165, 1.54) is 12.1 Å². The van der Waals surface area contributed by atoms with Gasteiger partial charge in [-0.3, -0.25) is 0 Å². The zero-order chi connectivity index (χ0) is 14.9. The molecular formula is C16H18F3N. The van der Waals surface area contributed by atoms with Crippen molar-refractivity contribution in [3.05, 3.63) is 47.5 Å². The van der Waals surface area contributed by atoms with E-state index < -0.39 is 12.2 Å². The summed E-state index contributed by atoms with van der Waals surface area (Å²) in [6, 6.07) is 8.65. The molecule has 0 aliphatic heterocycles. The minimum Gasteiger partial charge on any atom is -0.316 e. The summed E-state index contributed by atoms with van der Waals surface area (Å²) in [7, 11) is 0. The lowest BCUT2D eigenvalue weighted by molar-refractivity contribution is -0.149. The molecule has 2 aromatic rings. The first-order valence-electron chi connectivity index (χ1n) is 6.62. The molecule has 0 aliphatic carbocycles. The molecule has 0 saturated heterocycles. The van der Waals surface area contributed by atoms with Gasteiger partial charge in [0.1, 0.15) is 6.04 Å². The molecule has 4 heteroatoms. The van der Waals surface area contributed by atoms with E-state index in [9.17, 15) is 13.2 Å². The van der Waals surface area contributed by atoms with Crippen molar-refractivity contribution >= 4 is 10.8 Å². The largest absolute Gasteiger partial charge is 0.407 e. The molecule has 0 radical (unpaired) electrons. The number of alkyl halides is 3. The van der Waals surface area contributed by atoms with Crippen LogP contribution in [0.5, 0.6) is 0 Å². The number of fused-ring (bicyclic) bond motifs is 1. The molecule has 2 aromatic carbocycles. The summed E-state index contributed by atoms with van der Waals surface area (Å²) < 4.78 is 38.0. The van der Waals surface area contributed by atoms with Crippen LogP contribution in [0.4, 0.5) is 13.2 Å². The number of hydrogen-bond acceptors (Lipinski definition) is 1. The number of halogens is 3. The second-order valence-corrected chi connectivity index (χ2v) is 5.56. The van der Waals surface area contributed by atoms with Crippen molar-refractivity contribution in [2.24, 2.45) is 11.7 Å². The molecule has 0 bridgehead atoms. The van der Waals surface area contributed by atoms with Gasteiger partial charge in [-0.2, -0.15) is 13.2 Å². The van der Waals surface area contributed by atoms with Crippen molar-refractivity contribution in [1.29, 1.82) is 0 Å². The SMILES string of the molecule is CC(C)Cc1ccc2ccc([C@H](N)C(F)(F)F)cc2c1. The van der Waals surface area contributed by atoms with E-state index in [4.69, 9.17) is 5.73 Å². The highest BCUT2D eigenvalue weighted by molar-refractivity contribution is 5.84. The normalized spacial score (nSPS) is 13.9. The molecule has 0 saturated carbocycles. The van der Waals surface area contributed by atoms with E-state index in [1.807, 2.05) is 18.2 Å². The molecule has 2 N–H and O–H groups in total. The predicted octanol–water partition coefficient (Wildman–Crippen LogP) is 4.60. The van der Waals surface area contributed by atoms with E-state index in [1.54, 1.807) is 6.07 Å². The molecule has 0 unspecified atom stereocenters. The molecule has 0 spiro atoms. The first-order valence-corrected chi connectivity index (χ1v) is 6.62. The summed E-state index contributed by atoms with van der Waals surface area (Å²) >= 11 is 0. The van der Waals surface area contributed by atoms with E-state index in [0.29, 0.717) is 5.92 Å². The number of hydrogen-bond donors (Lipinski definition) is 1. The van der Waals surface area contributed by atoms with E-state index >= 15 is 0 Å². The van der Waals surface area contributed by atoms with Gasteiger partial charge in [0.15, 0.2) is 0 Å². The fourth-order valence-corrected chi connectivity index (χ4v) is 2.30. The Morgan fingerprint density at radius 3 is 2.25 bits per heavy atom. The highest BCUT2D eigenvalue weighted by Gasteiger charge is 2.37. The van der Waals surface area contributed by atoms with Crippen LogP contribution in [0.2, 0.25) is 0 Å². The van der Waals surface area contributed by atoms with Crippen molar-refractivity contribution in [3.8, 4) is 0 Å². The fraction of sp³-hybridized carbons (Fsp3) is 0.375. The van der Waals surface area contributed by atoms with E-state index in [0.717, 1.165) is 22.8 Å². The Labute approximate surface area is 116 Å². The van der Waals surface area contributed by atoms with Gasteiger partial charge in [-0.25, -0.2) is 0 Å². The summed E-state index contributed by atoms with van der Waals surface area (Å²) in [4.78, 5) is 0. The predicted molar refractivity (Wildman–Crippen MR) is 75.5 cm³/mol. The Kier molecular flexibility index (Phi) is 4.04. The van der Waals surface area contributed by atoms with Gasteiger partial charge >= 0.3 is 6.18 Å². The van der Waals surface area contributed by atoms with Gasteiger partial charge < -0.3 is 5.73 Å². The smallest absolute Gasteiger partial charge is 0.316 e. The quantitative estimate of drug-likeness (QED) is 0.874. The van der Waals surface area contributed by atoms with Crippen LogP contribution in [0.3, 0.4) is 0 Å². The molecule has 0 aliphatic rings. The third-order valence-electron chi connectivity index (χ3n) is 3.28. The Morgan fingerprint density at radius 1 is 1.00 bits per heavy atom. The summed E-state index contributed by atoms with van der Waals surface area (Å²) in [5, 5.41) is 1.73. The van der Waals surface area contributed by atoms with Gasteiger partial charge in [-0.05, 0) is 40.3 Å². The van der Waals surface area contributed by atoms with Crippen LogP contribution in [-0.2, 0) is 6.42 Å². The van der Waals surface area contributed by atoms with Crippen molar-refractivity contribution < 1.29 is 13.2 Å². The lowest BCUT2D eigenvalue weighted by Gasteiger charge is -2.16. The zero-order valence-electron chi connectivity index (χ0n) is 11.5. The third kappa shape index (κ3) is 3.31. The van der Waals surface area contributed by atoms with Crippen LogP contribution in [0.25, 0.3) is 10.8 Å². The van der Waals surface area contributed by atoms with Gasteiger partial charge in [0, 0.05) is 0 Å². The number of nitrogens with two attached hydrogens (primary N) is 1. The first-order chi connectivity index (χ1) is 9.27. The minimum absolute atomic E-state index is 0.103. The molecular weight excluding hydrogens is 263 g/mol. The van der Waals surface area contributed by atoms with Crippen LogP contribution >= 0.6 is 0 Å². The van der Waals surface area contributed by atoms with Crippen molar-refractivity contribution in [1.82, 2.24) is 0 Å². The lowest BCUT2D eigenvalue weighted by Crippen LogP contribution is -2.28. The Bertz CT molecular complexity index is 602. The number of rotatable bonds is 3. The lowest BCUT2D eigenvalue weighted by atomic mass is 9.97. The first kappa shape index (κ1) is 14.9. The van der Waals surface area contributed by atoms with Gasteiger partial charge in [-0.1, -0.05) is 44.2 Å². The van der Waals surface area contributed by atoms with Crippen molar-refractivity contribution in [2.45, 2.75) is 32.5 Å². The Balaban J connectivity index is 2.41. The van der Waals surface area contributed by atoms with Gasteiger partial charge in [0.2, 0.25) is 0 Å². The fourth-order valence-electron chi connectivity index (χ4n) is 2.30. The monoisotopic (exact) mass is 281 g/mol. The summed E-state index contributed by atoms with van der Waals surface area (Å²) in [5.41, 5.74) is 6.49. The molecule has 108 valence electrons. The maximum Gasteiger partial charge on any atom is 0.407 e. The Morgan fingerprint density at radius 2 is 1.65 bits per heavy atom. The maximum atomic E-state index is 12.7. The second kappa shape index (κ2) is 5.44. The number of benzene rings is 2. The molecule has 2 rings (SSSR count). The third-order valence-corrected chi connectivity index (χ3v) is 3.28. The Hall–Kier alpha value is -1.55. The van der Waals surface area contributed by atoms with Gasteiger partial charge in [-0.15, -0.1) is 0 Å². The highest BCUT2D eigenvalue weighted by Crippen LogP contribution is 2.32. The summed E-state index contributed by atoms with van der Waals surface area (Å²) in [6.07, 6.45) is -3.51. The summed E-state index contributed by atoms with van der Waals surface area (Å²) in [6.45, 7) is 4.22. The molecule has 1 atom stereocenters. The van der Waals surface area contributed by atoms with Crippen LogP contribution in [-0.4, -0.2) is 6.18 Å². The highest BCUT2D eigenvalue weighted by atomic mass is 19.4. The van der Waals surface area contributed by atoms with E-state index in [2.05, 4.69) is 13.8 Å². The van der Waals surface area contributed by atoms with Crippen LogP contribution in [0, 0.1) is 5.92 Å². The standard InChI is InChI=1S/C16H18F3N/c1-10(2)7-11-3-4-12-5-6-13(9-14(12)8-11)15(20)16(17,18)19/h3-6,8-10,15H,7,20H2,1-2H3/t15-/m0/s1. The van der Waals surface area contributed by atoms with Gasteiger partial charge in [0.25, 0.3) is 0 Å². The molecule has 0 amide bonds. The van der Waals surface area contributed by atoms with Crippen molar-refractivity contribution in [3.63, 3.8) is 0 Å². The molecule has 0 aromatic heterocycles. The molecule has 0 heterocycles.